The fraction of sp³-hybridized carbons (Fsp3) is 0.255. The SMILES string of the molecule is CC(C)(O)C(=O)c1ccc(CC2(Cc3ccc(C(=O)C(C)(C)O)cc3)c3cc(C(=O)C(C)(C)O)ccc3-c3cc4c(cc32)C(=O)c2ccccc2C4=O)cc1. The number of rotatable bonds is 10. The molecular formula is C47H42O8. The first-order valence-corrected chi connectivity index (χ1v) is 18.2. The molecule has 0 aromatic heterocycles. The van der Waals surface area contributed by atoms with E-state index in [1.165, 1.54) is 41.5 Å². The molecule has 0 radical (unpaired) electrons. The van der Waals surface area contributed by atoms with E-state index in [4.69, 9.17) is 0 Å². The first kappa shape index (κ1) is 37.6. The number of aliphatic hydroxyl groups is 3. The Morgan fingerprint density at radius 1 is 0.455 bits per heavy atom. The molecule has 0 saturated heterocycles. The van der Waals surface area contributed by atoms with Gasteiger partial charge in [-0.25, -0.2) is 0 Å². The van der Waals surface area contributed by atoms with Gasteiger partial charge < -0.3 is 15.3 Å². The highest BCUT2D eigenvalue weighted by Gasteiger charge is 2.46. The summed E-state index contributed by atoms with van der Waals surface area (Å²) in [6, 6.07) is 29.5. The van der Waals surface area contributed by atoms with Gasteiger partial charge in [0.05, 0.1) is 0 Å². The van der Waals surface area contributed by atoms with Crippen LogP contribution in [0.5, 0.6) is 0 Å². The van der Waals surface area contributed by atoms with Gasteiger partial charge in [-0.3, -0.25) is 24.0 Å². The summed E-state index contributed by atoms with van der Waals surface area (Å²) < 4.78 is 0. The Balaban J connectivity index is 1.48. The Morgan fingerprint density at radius 3 is 1.27 bits per heavy atom. The summed E-state index contributed by atoms with van der Waals surface area (Å²) in [5.74, 6) is -1.89. The van der Waals surface area contributed by atoms with Gasteiger partial charge in [-0.2, -0.15) is 0 Å². The minimum atomic E-state index is -1.67. The molecule has 0 bridgehead atoms. The van der Waals surface area contributed by atoms with Gasteiger partial charge in [0.15, 0.2) is 28.9 Å². The van der Waals surface area contributed by atoms with Crippen LogP contribution in [0.1, 0.15) is 127 Å². The molecule has 0 spiro atoms. The highest BCUT2D eigenvalue weighted by Crippen LogP contribution is 2.54. The molecule has 5 aromatic carbocycles. The molecule has 0 amide bonds. The van der Waals surface area contributed by atoms with Crippen LogP contribution in [0.25, 0.3) is 11.1 Å². The number of carbonyl (C=O) groups is 5. The van der Waals surface area contributed by atoms with Crippen molar-refractivity contribution in [3.63, 3.8) is 0 Å². The highest BCUT2D eigenvalue weighted by atomic mass is 16.3. The van der Waals surface area contributed by atoms with E-state index in [-0.39, 0.29) is 28.3 Å². The normalized spacial score (nSPS) is 14.5. The van der Waals surface area contributed by atoms with Crippen LogP contribution < -0.4 is 0 Å². The van der Waals surface area contributed by atoms with Crippen molar-refractivity contribution in [1.82, 2.24) is 0 Å². The third-order valence-corrected chi connectivity index (χ3v) is 10.8. The third-order valence-electron chi connectivity index (χ3n) is 10.8. The molecule has 8 nitrogen and oxygen atoms in total. The van der Waals surface area contributed by atoms with Crippen LogP contribution in [0.4, 0.5) is 0 Å². The van der Waals surface area contributed by atoms with Gasteiger partial charge in [0.25, 0.3) is 0 Å². The van der Waals surface area contributed by atoms with E-state index in [2.05, 4.69) is 0 Å². The van der Waals surface area contributed by atoms with E-state index in [1.54, 1.807) is 72.8 Å². The van der Waals surface area contributed by atoms with Crippen molar-refractivity contribution in [3.05, 3.63) is 164 Å². The lowest BCUT2D eigenvalue weighted by atomic mass is 9.68. The number of carbonyl (C=O) groups excluding carboxylic acids is 5. The number of Topliss-reactive ketones (excluding diaryl/α,β-unsaturated/α-hetero) is 3. The van der Waals surface area contributed by atoms with Gasteiger partial charge in [-0.05, 0) is 106 Å². The zero-order chi connectivity index (χ0) is 39.8. The fourth-order valence-electron chi connectivity index (χ4n) is 7.97. The van der Waals surface area contributed by atoms with Crippen molar-refractivity contribution >= 4 is 28.9 Å². The molecule has 278 valence electrons. The predicted molar refractivity (Wildman–Crippen MR) is 208 cm³/mol. The van der Waals surface area contributed by atoms with Crippen molar-refractivity contribution in [2.24, 2.45) is 0 Å². The molecule has 0 saturated carbocycles. The number of benzene rings is 5. The van der Waals surface area contributed by atoms with Crippen molar-refractivity contribution in [3.8, 4) is 11.1 Å². The second kappa shape index (κ2) is 13.0. The topological polar surface area (TPSA) is 146 Å². The summed E-state index contributed by atoms with van der Waals surface area (Å²) in [5.41, 5.74) is 0.936. The predicted octanol–water partition coefficient (Wildman–Crippen LogP) is 7.07. The smallest absolute Gasteiger partial charge is 0.194 e. The standard InChI is InChI=1S/C47H42O8/c1-44(2,53)41(50)28-15-11-26(12-16-28)24-47(25-27-13-17-29(18-14-27)42(51)45(3,4)54)37-21-30(43(52)46(5,6)55)19-20-31(37)34-22-35-36(23-38(34)47)40(49)33-10-8-7-9-32(33)39(35)48/h7-23,53-55H,24-25H2,1-6H3. The van der Waals surface area contributed by atoms with Crippen LogP contribution >= 0.6 is 0 Å². The fourth-order valence-corrected chi connectivity index (χ4v) is 7.97. The zero-order valence-corrected chi connectivity index (χ0v) is 31.6. The van der Waals surface area contributed by atoms with Crippen molar-refractivity contribution in [2.45, 2.75) is 76.6 Å². The van der Waals surface area contributed by atoms with Gasteiger partial charge in [0.2, 0.25) is 0 Å². The van der Waals surface area contributed by atoms with Gasteiger partial charge in [0, 0.05) is 44.4 Å². The van der Waals surface area contributed by atoms with Gasteiger partial charge in [0.1, 0.15) is 16.8 Å². The molecule has 0 heterocycles. The second-order valence-electron chi connectivity index (χ2n) is 16.4. The molecule has 0 unspecified atom stereocenters. The van der Waals surface area contributed by atoms with Crippen LogP contribution in [-0.4, -0.2) is 61.0 Å². The van der Waals surface area contributed by atoms with E-state index in [9.17, 15) is 39.3 Å². The summed E-state index contributed by atoms with van der Waals surface area (Å²) in [5, 5.41) is 31.6. The molecule has 7 rings (SSSR count). The molecule has 5 aromatic rings. The van der Waals surface area contributed by atoms with E-state index in [0.29, 0.717) is 35.1 Å². The molecule has 2 aliphatic carbocycles. The maximum atomic E-state index is 14.1. The second-order valence-corrected chi connectivity index (χ2v) is 16.4. The largest absolute Gasteiger partial charge is 0.382 e. The molecule has 3 N–H and O–H groups in total. The van der Waals surface area contributed by atoms with E-state index in [1.807, 2.05) is 30.3 Å². The zero-order valence-electron chi connectivity index (χ0n) is 31.6. The maximum Gasteiger partial charge on any atom is 0.194 e. The van der Waals surface area contributed by atoms with Gasteiger partial charge >= 0.3 is 0 Å². The van der Waals surface area contributed by atoms with Crippen molar-refractivity contribution < 1.29 is 39.3 Å². The van der Waals surface area contributed by atoms with E-state index < -0.39 is 39.6 Å². The van der Waals surface area contributed by atoms with Crippen LogP contribution in [-0.2, 0) is 18.3 Å². The summed E-state index contributed by atoms with van der Waals surface area (Å²) in [6.07, 6.45) is 0.623. The monoisotopic (exact) mass is 734 g/mol. The van der Waals surface area contributed by atoms with Crippen LogP contribution in [0.15, 0.2) is 103 Å². The Bertz CT molecular complexity index is 2380. The molecule has 8 heteroatoms. The Morgan fingerprint density at radius 2 is 0.836 bits per heavy atom. The lowest BCUT2D eigenvalue weighted by Gasteiger charge is -2.34. The van der Waals surface area contributed by atoms with E-state index in [0.717, 1.165) is 33.4 Å². The molecule has 0 fully saturated rings. The van der Waals surface area contributed by atoms with Crippen LogP contribution in [0.2, 0.25) is 0 Å². The van der Waals surface area contributed by atoms with Gasteiger partial charge in [-0.1, -0.05) is 84.9 Å². The number of hydrogen-bond acceptors (Lipinski definition) is 8. The highest BCUT2D eigenvalue weighted by molar-refractivity contribution is 6.29. The summed E-state index contributed by atoms with van der Waals surface area (Å²) >= 11 is 0. The Kier molecular flexibility index (Phi) is 8.88. The minimum Gasteiger partial charge on any atom is -0.382 e. The third kappa shape index (κ3) is 6.50. The molecule has 0 atom stereocenters. The van der Waals surface area contributed by atoms with Gasteiger partial charge in [-0.15, -0.1) is 0 Å². The van der Waals surface area contributed by atoms with Crippen LogP contribution in [0.3, 0.4) is 0 Å². The maximum absolute atomic E-state index is 14.1. The van der Waals surface area contributed by atoms with Crippen LogP contribution in [0, 0.1) is 0 Å². The van der Waals surface area contributed by atoms with Crippen molar-refractivity contribution in [1.29, 1.82) is 0 Å². The average Bonchev–Trinajstić information content (AvgIpc) is 3.39. The lowest BCUT2D eigenvalue weighted by molar-refractivity contribution is 0.0487. The summed E-state index contributed by atoms with van der Waals surface area (Å²) in [6.45, 7) is 8.59. The van der Waals surface area contributed by atoms with E-state index >= 15 is 0 Å². The molecule has 55 heavy (non-hydrogen) atoms. The summed E-state index contributed by atoms with van der Waals surface area (Å²) in [7, 11) is 0. The lowest BCUT2D eigenvalue weighted by Crippen LogP contribution is -2.34. The van der Waals surface area contributed by atoms with Crippen molar-refractivity contribution in [2.75, 3.05) is 0 Å². The first-order valence-electron chi connectivity index (χ1n) is 18.2. The minimum absolute atomic E-state index is 0.264. The molecule has 0 aliphatic heterocycles. The first-order chi connectivity index (χ1) is 25.7. The quantitative estimate of drug-likeness (QED) is 0.127. The summed E-state index contributed by atoms with van der Waals surface area (Å²) in [4.78, 5) is 67.6. The Labute approximate surface area is 319 Å². The average molecular weight is 735 g/mol. The Hall–Kier alpha value is -5.67. The number of hydrogen-bond donors (Lipinski definition) is 3. The molecular weight excluding hydrogens is 693 g/mol. The number of ketones is 5. The molecule has 2 aliphatic rings. The number of fused-ring (bicyclic) bond motifs is 5.